The van der Waals surface area contributed by atoms with E-state index in [1.54, 1.807) is 12.1 Å². The average Bonchev–Trinajstić information content (AvgIpc) is 2.27. The van der Waals surface area contributed by atoms with E-state index in [1.807, 2.05) is 20.8 Å². The lowest BCUT2D eigenvalue weighted by Gasteiger charge is -2.19. The van der Waals surface area contributed by atoms with Gasteiger partial charge >= 0.3 is 0 Å². The zero-order valence-electron chi connectivity index (χ0n) is 10.9. The van der Waals surface area contributed by atoms with E-state index in [9.17, 15) is 9.18 Å². The smallest absolute Gasteiger partial charge is 0.238 e. The molecule has 0 bridgehead atoms. The molecule has 0 saturated heterocycles. The van der Waals surface area contributed by atoms with Crippen LogP contribution in [0.2, 0.25) is 0 Å². The molecule has 0 fully saturated rings. The van der Waals surface area contributed by atoms with Crippen LogP contribution in [-0.4, -0.2) is 24.6 Å². The summed E-state index contributed by atoms with van der Waals surface area (Å²) < 4.78 is 18.7. The van der Waals surface area contributed by atoms with Crippen LogP contribution < -0.4 is 15.8 Å². The molecule has 1 aromatic carbocycles. The number of hydrogen-bond donors (Lipinski definition) is 2. The number of halogens is 1. The van der Waals surface area contributed by atoms with Crippen molar-refractivity contribution in [2.45, 2.75) is 32.9 Å². The van der Waals surface area contributed by atoms with Crippen LogP contribution in [0.25, 0.3) is 0 Å². The van der Waals surface area contributed by atoms with Gasteiger partial charge in [0.15, 0.2) is 11.6 Å². The van der Waals surface area contributed by atoms with Gasteiger partial charge in [-0.1, -0.05) is 19.9 Å². The quantitative estimate of drug-likeness (QED) is 0.805. The van der Waals surface area contributed by atoms with Gasteiger partial charge in [-0.05, 0) is 24.6 Å². The average molecular weight is 254 g/mol. The fourth-order valence-electron chi connectivity index (χ4n) is 1.51. The fraction of sp³-hybridized carbons (Fsp3) is 0.462. The number of nitrogens with one attached hydrogen (secondary N) is 1. The minimum atomic E-state index is -0.634. The first-order valence-corrected chi connectivity index (χ1v) is 5.84. The van der Waals surface area contributed by atoms with Crippen molar-refractivity contribution in [1.29, 1.82) is 0 Å². The lowest BCUT2D eigenvalue weighted by atomic mass is 10.2. The summed E-state index contributed by atoms with van der Waals surface area (Å²) in [5.41, 5.74) is 6.13. The standard InChI is InChI=1S/C13H19FN2O2/c1-8(2)16-11(13(15)17)7-18-12-6-9(3)4-5-10(12)14/h4-6,8,11,16H,7H2,1-3H3,(H2,15,17). The first-order chi connectivity index (χ1) is 8.40. The second-order valence-electron chi connectivity index (χ2n) is 4.52. The van der Waals surface area contributed by atoms with Crippen LogP contribution >= 0.6 is 0 Å². The highest BCUT2D eigenvalue weighted by Crippen LogP contribution is 2.18. The van der Waals surface area contributed by atoms with Gasteiger partial charge in [-0.25, -0.2) is 4.39 Å². The van der Waals surface area contributed by atoms with E-state index in [4.69, 9.17) is 10.5 Å². The first kappa shape index (κ1) is 14.4. The van der Waals surface area contributed by atoms with Gasteiger partial charge in [-0.2, -0.15) is 0 Å². The molecule has 3 N–H and O–H groups in total. The minimum Gasteiger partial charge on any atom is -0.488 e. The molecule has 1 aromatic rings. The van der Waals surface area contributed by atoms with Crippen LogP contribution in [0.3, 0.4) is 0 Å². The van der Waals surface area contributed by atoms with Crippen molar-refractivity contribution >= 4 is 5.91 Å². The second-order valence-corrected chi connectivity index (χ2v) is 4.52. The Labute approximate surface area is 106 Å². The lowest BCUT2D eigenvalue weighted by Crippen LogP contribution is -2.48. The fourth-order valence-corrected chi connectivity index (χ4v) is 1.51. The van der Waals surface area contributed by atoms with E-state index in [2.05, 4.69) is 5.32 Å². The SMILES string of the molecule is Cc1ccc(F)c(OCC(NC(C)C)C(N)=O)c1. The highest BCUT2D eigenvalue weighted by molar-refractivity contribution is 5.80. The predicted octanol–water partition coefficient (Wildman–Crippen LogP) is 1.36. The number of rotatable bonds is 6. The lowest BCUT2D eigenvalue weighted by molar-refractivity contribution is -0.120. The first-order valence-electron chi connectivity index (χ1n) is 5.84. The summed E-state index contributed by atoms with van der Waals surface area (Å²) in [5.74, 6) is -0.836. The van der Waals surface area contributed by atoms with Crippen molar-refractivity contribution in [3.8, 4) is 5.75 Å². The Kier molecular flexibility index (Phi) is 5.09. The molecule has 0 saturated carbocycles. The Balaban J connectivity index is 2.66. The molecule has 0 aliphatic carbocycles. The van der Waals surface area contributed by atoms with Gasteiger partial charge < -0.3 is 15.8 Å². The molecule has 0 aromatic heterocycles. The summed E-state index contributed by atoms with van der Waals surface area (Å²) in [6, 6.07) is 4.03. The topological polar surface area (TPSA) is 64.3 Å². The molecular weight excluding hydrogens is 235 g/mol. The molecule has 0 heterocycles. The highest BCUT2D eigenvalue weighted by atomic mass is 19.1. The molecule has 1 unspecified atom stereocenters. The van der Waals surface area contributed by atoms with E-state index in [0.717, 1.165) is 5.56 Å². The van der Waals surface area contributed by atoms with E-state index >= 15 is 0 Å². The molecule has 18 heavy (non-hydrogen) atoms. The molecule has 0 aliphatic heterocycles. The number of amides is 1. The number of carbonyl (C=O) groups is 1. The summed E-state index contributed by atoms with van der Waals surface area (Å²) in [6.07, 6.45) is 0. The number of nitrogens with two attached hydrogens (primary N) is 1. The zero-order valence-corrected chi connectivity index (χ0v) is 10.9. The molecule has 1 rings (SSSR count). The molecule has 0 radical (unpaired) electrons. The van der Waals surface area contributed by atoms with Gasteiger partial charge in [-0.3, -0.25) is 4.79 Å². The Morgan fingerprint density at radius 2 is 2.17 bits per heavy atom. The highest BCUT2D eigenvalue weighted by Gasteiger charge is 2.17. The van der Waals surface area contributed by atoms with Gasteiger partial charge in [0, 0.05) is 6.04 Å². The number of carbonyl (C=O) groups excluding carboxylic acids is 1. The van der Waals surface area contributed by atoms with Crippen molar-refractivity contribution in [3.63, 3.8) is 0 Å². The molecule has 100 valence electrons. The molecule has 0 spiro atoms. The maximum Gasteiger partial charge on any atom is 0.238 e. The predicted molar refractivity (Wildman–Crippen MR) is 67.9 cm³/mol. The van der Waals surface area contributed by atoms with Gasteiger partial charge in [0.1, 0.15) is 12.6 Å². The maximum absolute atomic E-state index is 13.4. The van der Waals surface area contributed by atoms with Gasteiger partial charge in [0.25, 0.3) is 0 Å². The summed E-state index contributed by atoms with van der Waals surface area (Å²) >= 11 is 0. The summed E-state index contributed by atoms with van der Waals surface area (Å²) in [4.78, 5) is 11.2. The number of aryl methyl sites for hydroxylation is 1. The third-order valence-corrected chi connectivity index (χ3v) is 2.37. The minimum absolute atomic E-state index is 0.00782. The van der Waals surface area contributed by atoms with E-state index in [1.165, 1.54) is 6.07 Å². The Morgan fingerprint density at radius 1 is 1.50 bits per heavy atom. The third-order valence-electron chi connectivity index (χ3n) is 2.37. The molecule has 1 amide bonds. The Bertz CT molecular complexity index is 421. The molecular formula is C13H19FN2O2. The van der Waals surface area contributed by atoms with Gasteiger partial charge in [0.05, 0.1) is 0 Å². The Hall–Kier alpha value is -1.62. The third kappa shape index (κ3) is 4.33. The molecule has 0 aliphatic rings. The van der Waals surface area contributed by atoms with Crippen molar-refractivity contribution < 1.29 is 13.9 Å². The maximum atomic E-state index is 13.4. The van der Waals surface area contributed by atoms with Gasteiger partial charge in [-0.15, -0.1) is 0 Å². The number of primary amides is 1. The zero-order chi connectivity index (χ0) is 13.7. The largest absolute Gasteiger partial charge is 0.488 e. The molecule has 4 nitrogen and oxygen atoms in total. The Morgan fingerprint density at radius 3 is 2.72 bits per heavy atom. The van der Waals surface area contributed by atoms with Crippen molar-refractivity contribution in [1.82, 2.24) is 5.32 Å². The second kappa shape index (κ2) is 6.35. The number of benzene rings is 1. The number of ether oxygens (including phenoxy) is 1. The van der Waals surface area contributed by atoms with Crippen molar-refractivity contribution in [3.05, 3.63) is 29.6 Å². The summed E-state index contributed by atoms with van der Waals surface area (Å²) in [7, 11) is 0. The monoisotopic (exact) mass is 254 g/mol. The van der Waals surface area contributed by atoms with Crippen LogP contribution in [0.5, 0.6) is 5.75 Å². The molecule has 1 atom stereocenters. The van der Waals surface area contributed by atoms with Crippen LogP contribution in [0.4, 0.5) is 4.39 Å². The van der Waals surface area contributed by atoms with E-state index in [0.29, 0.717) is 0 Å². The van der Waals surface area contributed by atoms with Gasteiger partial charge in [0.2, 0.25) is 5.91 Å². The van der Waals surface area contributed by atoms with Crippen LogP contribution in [0, 0.1) is 12.7 Å². The van der Waals surface area contributed by atoms with Crippen LogP contribution in [0.1, 0.15) is 19.4 Å². The van der Waals surface area contributed by atoms with E-state index in [-0.39, 0.29) is 18.4 Å². The van der Waals surface area contributed by atoms with Crippen molar-refractivity contribution in [2.24, 2.45) is 5.73 Å². The summed E-state index contributed by atoms with van der Waals surface area (Å²) in [6.45, 7) is 5.63. The normalized spacial score (nSPS) is 12.5. The van der Waals surface area contributed by atoms with Crippen LogP contribution in [0.15, 0.2) is 18.2 Å². The van der Waals surface area contributed by atoms with Crippen molar-refractivity contribution in [2.75, 3.05) is 6.61 Å². The van der Waals surface area contributed by atoms with Crippen LogP contribution in [-0.2, 0) is 4.79 Å². The number of hydrogen-bond acceptors (Lipinski definition) is 3. The molecule has 5 heteroatoms. The summed E-state index contributed by atoms with van der Waals surface area (Å²) in [5, 5.41) is 2.96. The van der Waals surface area contributed by atoms with E-state index < -0.39 is 17.8 Å².